The van der Waals surface area contributed by atoms with Crippen LogP contribution in [0.15, 0.2) is 27.7 Å². The monoisotopic (exact) mass is 297 g/mol. The zero-order valence-corrected chi connectivity index (χ0v) is 11.7. The summed E-state index contributed by atoms with van der Waals surface area (Å²) in [6.45, 7) is 2.65. The molecular weight excluding hydrogens is 282 g/mol. The van der Waals surface area contributed by atoms with Crippen molar-refractivity contribution in [2.45, 2.75) is 11.8 Å². The topological polar surface area (TPSA) is 96.5 Å². The number of aromatic nitrogens is 2. The second kappa shape index (κ2) is 4.80. The first-order chi connectivity index (χ1) is 9.54. The highest BCUT2D eigenvalue weighted by atomic mass is 32.2. The Kier molecular flexibility index (Phi) is 3.23. The maximum atomic E-state index is 12.7. The summed E-state index contributed by atoms with van der Waals surface area (Å²) in [4.78, 5) is 0.0991. The standard InChI is InChI=1S/C12H15N3O4S/c1-8-5-15(6-9(8)7-16)20(17,18)11-4-2-3-10-12(11)14-19-13-10/h2-4,8-9,16H,5-7H2,1H3/t8-,9+/m1/s1. The zero-order valence-electron chi connectivity index (χ0n) is 10.9. The Hall–Kier alpha value is -1.51. The second-order valence-corrected chi connectivity index (χ2v) is 7.04. The van der Waals surface area contributed by atoms with Gasteiger partial charge in [0, 0.05) is 19.7 Å². The van der Waals surface area contributed by atoms with Gasteiger partial charge in [-0.3, -0.25) is 0 Å². The van der Waals surface area contributed by atoms with Gasteiger partial charge in [0.05, 0.1) is 0 Å². The molecule has 2 atom stereocenters. The Morgan fingerprint density at radius 1 is 1.40 bits per heavy atom. The van der Waals surface area contributed by atoms with Crippen LogP contribution in [0.1, 0.15) is 6.92 Å². The number of sulfonamides is 1. The van der Waals surface area contributed by atoms with Crippen LogP contribution in [0.2, 0.25) is 0 Å². The smallest absolute Gasteiger partial charge is 0.245 e. The lowest BCUT2D eigenvalue weighted by molar-refractivity contribution is 0.210. The molecule has 0 aliphatic carbocycles. The lowest BCUT2D eigenvalue weighted by Crippen LogP contribution is -2.29. The maximum Gasteiger partial charge on any atom is 0.245 e. The van der Waals surface area contributed by atoms with Crippen molar-refractivity contribution in [1.82, 2.24) is 14.6 Å². The third-order valence-electron chi connectivity index (χ3n) is 3.84. The van der Waals surface area contributed by atoms with Crippen LogP contribution < -0.4 is 0 Å². The highest BCUT2D eigenvalue weighted by molar-refractivity contribution is 7.89. The Morgan fingerprint density at radius 3 is 2.90 bits per heavy atom. The van der Waals surface area contributed by atoms with Crippen LogP contribution in [0, 0.1) is 11.8 Å². The molecule has 20 heavy (non-hydrogen) atoms. The van der Waals surface area contributed by atoms with Gasteiger partial charge in [-0.25, -0.2) is 13.0 Å². The van der Waals surface area contributed by atoms with Crippen LogP contribution in [0.4, 0.5) is 0 Å². The van der Waals surface area contributed by atoms with Crippen molar-refractivity contribution in [3.63, 3.8) is 0 Å². The molecule has 1 aromatic carbocycles. The van der Waals surface area contributed by atoms with Crippen LogP contribution in [0.5, 0.6) is 0 Å². The Balaban J connectivity index is 2.03. The minimum absolute atomic E-state index is 0.0110. The number of benzene rings is 1. The van der Waals surface area contributed by atoms with E-state index in [1.807, 2.05) is 6.92 Å². The molecule has 1 saturated heterocycles. The number of hydrogen-bond acceptors (Lipinski definition) is 6. The predicted octanol–water partition coefficient (Wildman–Crippen LogP) is 0.472. The molecule has 8 heteroatoms. The van der Waals surface area contributed by atoms with Gasteiger partial charge >= 0.3 is 0 Å². The van der Waals surface area contributed by atoms with E-state index in [1.54, 1.807) is 12.1 Å². The van der Waals surface area contributed by atoms with Crippen LogP contribution in [-0.4, -0.2) is 47.8 Å². The van der Waals surface area contributed by atoms with E-state index in [-0.39, 0.29) is 28.9 Å². The van der Waals surface area contributed by atoms with Crippen molar-refractivity contribution in [3.05, 3.63) is 18.2 Å². The minimum Gasteiger partial charge on any atom is -0.396 e. The number of nitrogens with zero attached hydrogens (tertiary/aromatic N) is 3. The maximum absolute atomic E-state index is 12.7. The number of aliphatic hydroxyl groups is 1. The summed E-state index contributed by atoms with van der Waals surface area (Å²) in [5.41, 5.74) is 0.657. The van der Waals surface area contributed by atoms with E-state index in [4.69, 9.17) is 0 Å². The fourth-order valence-electron chi connectivity index (χ4n) is 2.55. The summed E-state index contributed by atoms with van der Waals surface area (Å²) >= 11 is 0. The summed E-state index contributed by atoms with van der Waals surface area (Å²) in [5.74, 6) is 0.101. The largest absolute Gasteiger partial charge is 0.396 e. The van der Waals surface area contributed by atoms with E-state index < -0.39 is 10.0 Å². The molecule has 1 aliphatic heterocycles. The van der Waals surface area contributed by atoms with E-state index in [9.17, 15) is 13.5 Å². The molecule has 0 amide bonds. The molecule has 1 aliphatic rings. The van der Waals surface area contributed by atoms with Crippen LogP contribution in [0.25, 0.3) is 11.0 Å². The molecule has 2 aromatic rings. The summed E-state index contributed by atoms with van der Waals surface area (Å²) in [5, 5.41) is 16.6. The lowest BCUT2D eigenvalue weighted by Gasteiger charge is -2.16. The number of rotatable bonds is 3. The molecule has 3 rings (SSSR count). The second-order valence-electron chi connectivity index (χ2n) is 5.13. The summed E-state index contributed by atoms with van der Waals surface area (Å²) in [7, 11) is -3.65. The molecule has 2 heterocycles. The fourth-order valence-corrected chi connectivity index (χ4v) is 4.28. The van der Waals surface area contributed by atoms with E-state index >= 15 is 0 Å². The van der Waals surface area contributed by atoms with Crippen molar-refractivity contribution in [2.24, 2.45) is 11.8 Å². The van der Waals surface area contributed by atoms with Crippen LogP contribution >= 0.6 is 0 Å². The number of hydrogen-bond donors (Lipinski definition) is 1. The van der Waals surface area contributed by atoms with Gasteiger partial charge in [-0.05, 0) is 34.3 Å². The van der Waals surface area contributed by atoms with Gasteiger partial charge in [0.25, 0.3) is 0 Å². The Labute approximate surface area is 116 Å². The van der Waals surface area contributed by atoms with Crippen LogP contribution in [-0.2, 0) is 10.0 Å². The highest BCUT2D eigenvalue weighted by Gasteiger charge is 2.37. The van der Waals surface area contributed by atoms with E-state index in [2.05, 4.69) is 14.9 Å². The van der Waals surface area contributed by atoms with Gasteiger partial charge in [0.15, 0.2) is 5.52 Å². The zero-order chi connectivity index (χ0) is 14.3. The van der Waals surface area contributed by atoms with E-state index in [1.165, 1.54) is 10.4 Å². The summed E-state index contributed by atoms with van der Waals surface area (Å²) in [6, 6.07) is 4.76. The van der Waals surface area contributed by atoms with Crippen molar-refractivity contribution in [3.8, 4) is 0 Å². The Morgan fingerprint density at radius 2 is 2.20 bits per heavy atom. The molecule has 7 nitrogen and oxygen atoms in total. The average molecular weight is 297 g/mol. The molecule has 108 valence electrons. The first-order valence-electron chi connectivity index (χ1n) is 6.36. The van der Waals surface area contributed by atoms with Crippen molar-refractivity contribution >= 4 is 21.1 Å². The van der Waals surface area contributed by atoms with Crippen molar-refractivity contribution in [1.29, 1.82) is 0 Å². The quantitative estimate of drug-likeness (QED) is 0.884. The van der Waals surface area contributed by atoms with E-state index in [0.29, 0.717) is 18.6 Å². The molecule has 1 fully saturated rings. The fraction of sp³-hybridized carbons (Fsp3) is 0.500. The molecule has 0 unspecified atom stereocenters. The number of aliphatic hydroxyl groups excluding tert-OH is 1. The van der Waals surface area contributed by atoms with E-state index in [0.717, 1.165) is 0 Å². The van der Waals surface area contributed by atoms with Gasteiger partial charge in [-0.15, -0.1) is 0 Å². The average Bonchev–Trinajstić information content (AvgIpc) is 3.04. The van der Waals surface area contributed by atoms with Gasteiger partial charge in [-0.1, -0.05) is 13.0 Å². The lowest BCUT2D eigenvalue weighted by atomic mass is 10.00. The highest BCUT2D eigenvalue weighted by Crippen LogP contribution is 2.30. The third-order valence-corrected chi connectivity index (χ3v) is 5.70. The molecule has 0 bridgehead atoms. The summed E-state index contributed by atoms with van der Waals surface area (Å²) in [6.07, 6.45) is 0. The van der Waals surface area contributed by atoms with Gasteiger partial charge in [-0.2, -0.15) is 4.31 Å². The first kappa shape index (κ1) is 13.5. The number of fused-ring (bicyclic) bond motifs is 1. The molecular formula is C12H15N3O4S. The molecule has 0 saturated carbocycles. The van der Waals surface area contributed by atoms with Crippen molar-refractivity contribution in [2.75, 3.05) is 19.7 Å². The van der Waals surface area contributed by atoms with Gasteiger partial charge in [0.2, 0.25) is 10.0 Å². The predicted molar refractivity (Wildman–Crippen MR) is 70.3 cm³/mol. The summed E-state index contributed by atoms with van der Waals surface area (Å²) < 4.78 is 31.4. The molecule has 1 aromatic heterocycles. The van der Waals surface area contributed by atoms with Crippen molar-refractivity contribution < 1.29 is 18.2 Å². The Bertz CT molecular complexity index is 727. The molecule has 0 spiro atoms. The SMILES string of the molecule is C[C@@H]1CN(S(=O)(=O)c2cccc3nonc23)C[C@H]1CO. The van der Waals surface area contributed by atoms with Crippen LogP contribution in [0.3, 0.4) is 0 Å². The third kappa shape index (κ3) is 2.00. The van der Waals surface area contributed by atoms with Gasteiger partial charge < -0.3 is 5.11 Å². The normalized spacial score (nSPS) is 24.5. The van der Waals surface area contributed by atoms with Gasteiger partial charge in [0.1, 0.15) is 10.4 Å². The first-order valence-corrected chi connectivity index (χ1v) is 7.80. The molecule has 1 N–H and O–H groups in total. The molecule has 0 radical (unpaired) electrons. The minimum atomic E-state index is -3.65.